The van der Waals surface area contributed by atoms with Crippen LogP contribution in [0.5, 0.6) is 0 Å². The summed E-state index contributed by atoms with van der Waals surface area (Å²) in [5.41, 5.74) is 0.450. The third kappa shape index (κ3) is 1.96. The molecule has 4 rings (SSSR count). The number of fused-ring (bicyclic) bond motifs is 3. The van der Waals surface area contributed by atoms with Gasteiger partial charge in [-0.3, -0.25) is 4.79 Å². The highest BCUT2D eigenvalue weighted by molar-refractivity contribution is 5.94. The molecule has 3 heterocycles. The van der Waals surface area contributed by atoms with E-state index in [9.17, 15) is 9.59 Å². The minimum absolute atomic E-state index is 0.0173. The zero-order valence-corrected chi connectivity index (χ0v) is 12.6. The van der Waals surface area contributed by atoms with Gasteiger partial charge in [-0.15, -0.1) is 0 Å². The molecule has 5 heteroatoms. The first-order valence-corrected chi connectivity index (χ1v) is 7.67. The highest BCUT2D eigenvalue weighted by Crippen LogP contribution is 2.51. The predicted octanol–water partition coefficient (Wildman–Crippen LogP) is 1.59. The lowest BCUT2D eigenvalue weighted by atomic mass is 9.71. The Balaban J connectivity index is 1.64. The second-order valence-corrected chi connectivity index (χ2v) is 6.11. The van der Waals surface area contributed by atoms with Gasteiger partial charge in [-0.2, -0.15) is 0 Å². The molecule has 2 saturated heterocycles. The Kier molecular flexibility index (Phi) is 3.13. The van der Waals surface area contributed by atoms with Crippen LogP contribution in [0.2, 0.25) is 0 Å². The predicted molar refractivity (Wildman–Crippen MR) is 82.2 cm³/mol. The van der Waals surface area contributed by atoms with Gasteiger partial charge in [0, 0.05) is 19.0 Å². The first-order chi connectivity index (χ1) is 11.1. The highest BCUT2D eigenvalue weighted by atomic mass is 16.6. The van der Waals surface area contributed by atoms with Crippen molar-refractivity contribution in [2.75, 3.05) is 0 Å². The van der Waals surface area contributed by atoms with E-state index in [1.54, 1.807) is 4.90 Å². The molecule has 1 amide bonds. The van der Waals surface area contributed by atoms with E-state index in [1.165, 1.54) is 0 Å². The normalized spacial score (nSPS) is 33.8. The van der Waals surface area contributed by atoms with Crippen LogP contribution in [0.1, 0.15) is 12.0 Å². The van der Waals surface area contributed by atoms with E-state index in [4.69, 9.17) is 9.47 Å². The number of nitrogens with zero attached hydrogens (tertiary/aromatic N) is 1. The highest BCUT2D eigenvalue weighted by Gasteiger charge is 2.70. The molecule has 0 saturated carbocycles. The molecule has 2 bridgehead atoms. The number of hydrogen-bond acceptors (Lipinski definition) is 4. The van der Waals surface area contributed by atoms with Gasteiger partial charge in [0.15, 0.2) is 0 Å². The van der Waals surface area contributed by atoms with Crippen LogP contribution in [0.25, 0.3) is 0 Å². The molecule has 0 aliphatic carbocycles. The standard InChI is InChI=1S/C18H17NO4/c1-2-15(20)23-16-17(21)19(11-12-6-4-3-5-7-12)18(16)10-13-8-9-14(18)22-13/h2-9,13-14,16H,1,10-11H2/t13-,14+,16-,18-/m0/s1. The average molecular weight is 311 g/mol. The summed E-state index contributed by atoms with van der Waals surface area (Å²) >= 11 is 0. The number of benzene rings is 1. The molecule has 3 aliphatic rings. The van der Waals surface area contributed by atoms with Gasteiger partial charge < -0.3 is 14.4 Å². The molecule has 5 nitrogen and oxygen atoms in total. The van der Waals surface area contributed by atoms with Gasteiger partial charge >= 0.3 is 5.97 Å². The van der Waals surface area contributed by atoms with Crippen LogP contribution in [0, 0.1) is 0 Å². The molecule has 1 spiro atoms. The SMILES string of the molecule is C=CC(=O)O[C@H]1C(=O)N(Cc2ccccc2)[C@]12C[C@@H]1C=C[C@H]2O1. The van der Waals surface area contributed by atoms with Crippen molar-refractivity contribution >= 4 is 11.9 Å². The van der Waals surface area contributed by atoms with Crippen LogP contribution >= 0.6 is 0 Å². The summed E-state index contributed by atoms with van der Waals surface area (Å²) in [6.45, 7) is 3.89. The fourth-order valence-electron chi connectivity index (χ4n) is 3.81. The Morgan fingerprint density at radius 3 is 2.78 bits per heavy atom. The molecule has 0 aromatic heterocycles. The number of carbonyl (C=O) groups excluding carboxylic acids is 2. The van der Waals surface area contributed by atoms with Crippen molar-refractivity contribution in [2.24, 2.45) is 0 Å². The number of rotatable bonds is 4. The van der Waals surface area contributed by atoms with E-state index in [2.05, 4.69) is 6.58 Å². The van der Waals surface area contributed by atoms with Gasteiger partial charge in [0.1, 0.15) is 11.6 Å². The van der Waals surface area contributed by atoms with Crippen molar-refractivity contribution in [1.29, 1.82) is 0 Å². The number of β-lactam (4-membered cyclic amide) rings is 1. The fourth-order valence-corrected chi connectivity index (χ4v) is 3.81. The average Bonchev–Trinajstić information content (AvgIpc) is 3.20. The molecule has 0 radical (unpaired) electrons. The summed E-state index contributed by atoms with van der Waals surface area (Å²) in [6.07, 6.45) is 4.68. The van der Waals surface area contributed by atoms with Crippen LogP contribution in [0.4, 0.5) is 0 Å². The summed E-state index contributed by atoms with van der Waals surface area (Å²) < 4.78 is 11.2. The summed E-state index contributed by atoms with van der Waals surface area (Å²) in [4.78, 5) is 26.0. The zero-order chi connectivity index (χ0) is 16.0. The molecule has 0 N–H and O–H groups in total. The maximum Gasteiger partial charge on any atom is 0.331 e. The zero-order valence-electron chi connectivity index (χ0n) is 12.6. The molecule has 23 heavy (non-hydrogen) atoms. The van der Waals surface area contributed by atoms with Crippen molar-refractivity contribution in [1.82, 2.24) is 4.90 Å². The molecular formula is C18H17NO4. The third-order valence-corrected chi connectivity index (χ3v) is 4.87. The summed E-state index contributed by atoms with van der Waals surface area (Å²) in [5, 5.41) is 0. The molecular weight excluding hydrogens is 294 g/mol. The lowest BCUT2D eigenvalue weighted by molar-refractivity contribution is -0.203. The quantitative estimate of drug-likeness (QED) is 0.367. The van der Waals surface area contributed by atoms with Gasteiger partial charge in [0.2, 0.25) is 6.10 Å². The Morgan fingerprint density at radius 2 is 2.17 bits per heavy atom. The van der Waals surface area contributed by atoms with E-state index in [1.807, 2.05) is 42.5 Å². The lowest BCUT2D eigenvalue weighted by Crippen LogP contribution is -2.78. The smallest absolute Gasteiger partial charge is 0.331 e. The summed E-state index contributed by atoms with van der Waals surface area (Å²) in [7, 11) is 0. The van der Waals surface area contributed by atoms with Gasteiger partial charge in [0.25, 0.3) is 5.91 Å². The minimum atomic E-state index is -0.795. The van der Waals surface area contributed by atoms with Gasteiger partial charge in [-0.25, -0.2) is 4.79 Å². The number of amides is 1. The topological polar surface area (TPSA) is 55.8 Å². The van der Waals surface area contributed by atoms with Gasteiger partial charge in [0.05, 0.1) is 6.10 Å². The van der Waals surface area contributed by atoms with Gasteiger partial charge in [-0.05, 0) is 5.56 Å². The molecule has 4 atom stereocenters. The number of carbonyl (C=O) groups is 2. The molecule has 1 aromatic carbocycles. The van der Waals surface area contributed by atoms with E-state index in [0.717, 1.165) is 11.6 Å². The van der Waals surface area contributed by atoms with Crippen LogP contribution in [-0.2, 0) is 25.6 Å². The van der Waals surface area contributed by atoms with Crippen molar-refractivity contribution < 1.29 is 19.1 Å². The van der Waals surface area contributed by atoms with Crippen LogP contribution in [0.15, 0.2) is 55.1 Å². The fraction of sp³-hybridized carbons (Fsp3) is 0.333. The lowest BCUT2D eigenvalue weighted by Gasteiger charge is -2.56. The van der Waals surface area contributed by atoms with Crippen LogP contribution < -0.4 is 0 Å². The maximum absolute atomic E-state index is 12.6. The van der Waals surface area contributed by atoms with E-state index < -0.39 is 17.6 Å². The van der Waals surface area contributed by atoms with Crippen LogP contribution in [0.3, 0.4) is 0 Å². The van der Waals surface area contributed by atoms with E-state index in [-0.39, 0.29) is 18.1 Å². The first kappa shape index (κ1) is 14.2. The van der Waals surface area contributed by atoms with Gasteiger partial charge in [-0.1, -0.05) is 49.1 Å². The van der Waals surface area contributed by atoms with E-state index in [0.29, 0.717) is 13.0 Å². The number of ether oxygens (including phenoxy) is 2. The monoisotopic (exact) mass is 311 g/mol. The summed E-state index contributed by atoms with van der Waals surface area (Å²) in [5.74, 6) is -0.748. The van der Waals surface area contributed by atoms with Crippen molar-refractivity contribution in [2.45, 2.75) is 36.8 Å². The maximum atomic E-state index is 12.6. The molecule has 0 unspecified atom stereocenters. The second kappa shape index (κ2) is 5.06. The second-order valence-electron chi connectivity index (χ2n) is 6.11. The Bertz CT molecular complexity index is 698. The van der Waals surface area contributed by atoms with Crippen LogP contribution in [-0.4, -0.2) is 40.6 Å². The van der Waals surface area contributed by atoms with Crippen molar-refractivity contribution in [3.05, 3.63) is 60.7 Å². The number of hydrogen-bond donors (Lipinski definition) is 0. The first-order valence-electron chi connectivity index (χ1n) is 7.67. The molecule has 3 aliphatic heterocycles. The molecule has 2 fully saturated rings. The largest absolute Gasteiger partial charge is 0.446 e. The van der Waals surface area contributed by atoms with E-state index >= 15 is 0 Å². The number of likely N-dealkylation sites (tertiary alicyclic amines) is 1. The number of esters is 1. The Morgan fingerprint density at radius 1 is 1.39 bits per heavy atom. The van der Waals surface area contributed by atoms with Crippen molar-refractivity contribution in [3.63, 3.8) is 0 Å². The summed E-state index contributed by atoms with van der Waals surface area (Å²) in [6, 6.07) is 9.79. The molecule has 1 aromatic rings. The molecule has 118 valence electrons. The third-order valence-electron chi connectivity index (χ3n) is 4.87. The Labute approximate surface area is 134 Å². The Hall–Kier alpha value is -2.40. The minimum Gasteiger partial charge on any atom is -0.446 e. The van der Waals surface area contributed by atoms with Crippen molar-refractivity contribution in [3.8, 4) is 0 Å².